The van der Waals surface area contributed by atoms with Gasteiger partial charge in [0.25, 0.3) is 0 Å². The Labute approximate surface area is 197 Å². The second kappa shape index (κ2) is 7.86. The van der Waals surface area contributed by atoms with Gasteiger partial charge in [-0.3, -0.25) is 4.79 Å². The summed E-state index contributed by atoms with van der Waals surface area (Å²) in [6.07, 6.45) is 2.86. The van der Waals surface area contributed by atoms with E-state index in [4.69, 9.17) is 4.74 Å². The highest BCUT2D eigenvalue weighted by molar-refractivity contribution is 5.90. The van der Waals surface area contributed by atoms with Crippen molar-refractivity contribution in [1.29, 1.82) is 0 Å². The normalized spacial score (nSPS) is 27.5. The van der Waals surface area contributed by atoms with Gasteiger partial charge >= 0.3 is 12.1 Å². The van der Waals surface area contributed by atoms with Crippen LogP contribution in [-0.2, 0) is 14.3 Å². The molecular formula is C27H28N2O5. The molecular weight excluding hydrogens is 432 g/mol. The molecule has 4 aliphatic carbocycles. The smallest absolute Gasteiger partial charge is 0.407 e. The summed E-state index contributed by atoms with van der Waals surface area (Å²) in [6, 6.07) is 16.5. The van der Waals surface area contributed by atoms with Crippen molar-refractivity contribution >= 4 is 18.0 Å². The van der Waals surface area contributed by atoms with Crippen LogP contribution < -0.4 is 10.6 Å². The van der Waals surface area contributed by atoms with Crippen LogP contribution in [0, 0.1) is 17.8 Å². The van der Waals surface area contributed by atoms with E-state index in [1.54, 1.807) is 0 Å². The SMILES string of the molecule is O=C(NC1CC2CC(C(=O)NC3(C(=O)O)CC3)CC21)OCC1c2ccccc2-c2ccccc21. The molecule has 0 spiro atoms. The maximum absolute atomic E-state index is 12.6. The molecule has 6 rings (SSSR count). The Morgan fingerprint density at radius 2 is 1.59 bits per heavy atom. The van der Waals surface area contributed by atoms with Crippen LogP contribution in [0.15, 0.2) is 48.5 Å². The van der Waals surface area contributed by atoms with E-state index in [9.17, 15) is 19.5 Å². The molecule has 3 fully saturated rings. The number of carbonyl (C=O) groups is 3. The Morgan fingerprint density at radius 3 is 2.21 bits per heavy atom. The number of ether oxygens (including phenoxy) is 1. The van der Waals surface area contributed by atoms with Gasteiger partial charge in [0, 0.05) is 17.9 Å². The number of hydrogen-bond donors (Lipinski definition) is 3. The van der Waals surface area contributed by atoms with Gasteiger partial charge in [-0.05, 0) is 66.2 Å². The summed E-state index contributed by atoms with van der Waals surface area (Å²) < 4.78 is 5.67. The Kier molecular flexibility index (Phi) is 4.90. The standard InChI is InChI=1S/C27H28N2O5/c30-24(29-27(9-10-27)25(31)32)16-11-15-13-23(21(15)12-16)28-26(33)34-14-22-19-7-3-1-5-17(19)18-6-2-4-8-20(18)22/h1-8,15-16,21-23H,9-14H2,(H,28,33)(H,29,30)(H,31,32). The molecule has 0 saturated heterocycles. The van der Waals surface area contributed by atoms with E-state index in [0.29, 0.717) is 25.2 Å². The fourth-order valence-corrected chi connectivity index (χ4v) is 6.25. The summed E-state index contributed by atoms with van der Waals surface area (Å²) in [7, 11) is 0. The van der Waals surface area contributed by atoms with Crippen molar-refractivity contribution in [3.63, 3.8) is 0 Å². The van der Waals surface area contributed by atoms with Gasteiger partial charge in [-0.15, -0.1) is 0 Å². The average Bonchev–Trinajstić information content (AvgIpc) is 3.43. The van der Waals surface area contributed by atoms with E-state index in [0.717, 1.165) is 12.8 Å². The van der Waals surface area contributed by atoms with Crippen LogP contribution in [0.3, 0.4) is 0 Å². The highest BCUT2D eigenvalue weighted by atomic mass is 16.5. The number of alkyl carbamates (subject to hydrolysis) is 1. The number of fused-ring (bicyclic) bond motifs is 4. The summed E-state index contributed by atoms with van der Waals surface area (Å²) in [5, 5.41) is 15.1. The zero-order valence-corrected chi connectivity index (χ0v) is 18.8. The molecule has 0 aliphatic heterocycles. The van der Waals surface area contributed by atoms with E-state index in [-0.39, 0.29) is 36.3 Å². The van der Waals surface area contributed by atoms with Crippen molar-refractivity contribution in [2.75, 3.05) is 6.61 Å². The molecule has 2 aromatic carbocycles. The summed E-state index contributed by atoms with van der Waals surface area (Å²) in [5.41, 5.74) is 3.71. The zero-order chi connectivity index (χ0) is 23.4. The fraction of sp³-hybridized carbons (Fsp3) is 0.444. The number of carboxylic acid groups (broad SMARTS) is 1. The largest absolute Gasteiger partial charge is 0.480 e. The van der Waals surface area contributed by atoms with Gasteiger partial charge in [0.05, 0.1) is 0 Å². The van der Waals surface area contributed by atoms with Crippen LogP contribution in [-0.4, -0.2) is 41.3 Å². The molecule has 4 atom stereocenters. The quantitative estimate of drug-likeness (QED) is 0.610. The first-order valence-electron chi connectivity index (χ1n) is 12.1. The zero-order valence-electron chi connectivity index (χ0n) is 18.8. The molecule has 2 amide bonds. The summed E-state index contributed by atoms with van der Waals surface area (Å²) in [4.78, 5) is 36.6. The molecule has 176 valence electrons. The van der Waals surface area contributed by atoms with Crippen LogP contribution in [0.25, 0.3) is 11.1 Å². The lowest BCUT2D eigenvalue weighted by atomic mass is 9.71. The van der Waals surface area contributed by atoms with Crippen molar-refractivity contribution < 1.29 is 24.2 Å². The lowest BCUT2D eigenvalue weighted by Gasteiger charge is -2.40. The number of hydrogen-bond acceptors (Lipinski definition) is 4. The van der Waals surface area contributed by atoms with E-state index in [2.05, 4.69) is 34.9 Å². The number of carbonyl (C=O) groups excluding carboxylic acids is 2. The van der Waals surface area contributed by atoms with E-state index >= 15 is 0 Å². The van der Waals surface area contributed by atoms with Crippen LogP contribution in [0.2, 0.25) is 0 Å². The third kappa shape index (κ3) is 3.45. The number of carboxylic acids is 1. The summed E-state index contributed by atoms with van der Waals surface area (Å²) >= 11 is 0. The second-order valence-corrected chi connectivity index (χ2v) is 10.3. The van der Waals surface area contributed by atoms with E-state index < -0.39 is 17.6 Å². The van der Waals surface area contributed by atoms with Gasteiger partial charge in [-0.25, -0.2) is 9.59 Å². The van der Waals surface area contributed by atoms with E-state index in [1.807, 2.05) is 24.3 Å². The lowest BCUT2D eigenvalue weighted by molar-refractivity contribution is -0.143. The topological polar surface area (TPSA) is 105 Å². The molecule has 0 radical (unpaired) electrons. The minimum absolute atomic E-state index is 0.00723. The molecule has 34 heavy (non-hydrogen) atoms. The molecule has 3 saturated carbocycles. The number of amides is 2. The first-order valence-corrected chi connectivity index (χ1v) is 12.1. The first kappa shape index (κ1) is 21.2. The first-order chi connectivity index (χ1) is 16.4. The minimum Gasteiger partial charge on any atom is -0.480 e. The summed E-state index contributed by atoms with van der Waals surface area (Å²) in [5.74, 6) is -0.617. The molecule has 7 nitrogen and oxygen atoms in total. The number of nitrogens with one attached hydrogen (secondary N) is 2. The maximum Gasteiger partial charge on any atom is 0.407 e. The van der Waals surface area contributed by atoms with Crippen molar-refractivity contribution in [1.82, 2.24) is 10.6 Å². The molecule has 4 aliphatic rings. The fourth-order valence-electron chi connectivity index (χ4n) is 6.25. The Bertz CT molecular complexity index is 1130. The number of aliphatic carboxylic acids is 1. The van der Waals surface area contributed by atoms with Crippen molar-refractivity contribution in [3.05, 3.63) is 59.7 Å². The van der Waals surface area contributed by atoms with Crippen LogP contribution in [0.1, 0.15) is 49.1 Å². The predicted octanol–water partition coefficient (Wildman–Crippen LogP) is 3.67. The minimum atomic E-state index is -1.04. The molecule has 4 unspecified atom stereocenters. The monoisotopic (exact) mass is 460 g/mol. The molecule has 0 aromatic heterocycles. The van der Waals surface area contributed by atoms with Gasteiger partial charge in [0.15, 0.2) is 0 Å². The third-order valence-electron chi connectivity index (χ3n) is 8.36. The Balaban J connectivity index is 1.03. The molecule has 7 heteroatoms. The molecule has 0 heterocycles. The van der Waals surface area contributed by atoms with Gasteiger partial charge in [0.2, 0.25) is 5.91 Å². The Hall–Kier alpha value is -3.35. The number of benzene rings is 2. The van der Waals surface area contributed by atoms with Crippen LogP contribution >= 0.6 is 0 Å². The molecule has 0 bridgehead atoms. The third-order valence-corrected chi connectivity index (χ3v) is 8.36. The maximum atomic E-state index is 12.6. The second-order valence-electron chi connectivity index (χ2n) is 10.3. The predicted molar refractivity (Wildman–Crippen MR) is 124 cm³/mol. The Morgan fingerprint density at radius 1 is 0.941 bits per heavy atom. The van der Waals surface area contributed by atoms with Crippen LogP contribution in [0.5, 0.6) is 0 Å². The van der Waals surface area contributed by atoms with Gasteiger partial charge in [-0.1, -0.05) is 48.5 Å². The van der Waals surface area contributed by atoms with Crippen molar-refractivity contribution in [3.8, 4) is 11.1 Å². The van der Waals surface area contributed by atoms with E-state index in [1.165, 1.54) is 22.3 Å². The van der Waals surface area contributed by atoms with Crippen molar-refractivity contribution in [2.24, 2.45) is 17.8 Å². The number of rotatable bonds is 6. The van der Waals surface area contributed by atoms with Gasteiger partial charge in [0.1, 0.15) is 12.1 Å². The molecule has 2 aromatic rings. The average molecular weight is 461 g/mol. The molecule has 3 N–H and O–H groups in total. The summed E-state index contributed by atoms with van der Waals surface area (Å²) in [6.45, 7) is 0.281. The lowest BCUT2D eigenvalue weighted by Crippen LogP contribution is -2.50. The van der Waals surface area contributed by atoms with Crippen LogP contribution in [0.4, 0.5) is 4.79 Å². The van der Waals surface area contributed by atoms with Crippen molar-refractivity contribution in [2.45, 2.75) is 49.6 Å². The van der Waals surface area contributed by atoms with Gasteiger partial charge < -0.3 is 20.5 Å². The highest BCUT2D eigenvalue weighted by Crippen LogP contribution is 2.50. The van der Waals surface area contributed by atoms with Gasteiger partial charge in [-0.2, -0.15) is 0 Å². The highest BCUT2D eigenvalue weighted by Gasteiger charge is 2.55.